The molecule has 0 atom stereocenters. The van der Waals surface area contributed by atoms with E-state index >= 15 is 0 Å². The number of aromatic carboxylic acids is 4. The largest absolute Gasteiger partial charge is 0.478 e. The third-order valence-corrected chi connectivity index (χ3v) is 18.6. The molecule has 0 aromatic heterocycles. The van der Waals surface area contributed by atoms with Crippen LogP contribution in [0.25, 0.3) is 33.4 Å². The lowest BCUT2D eigenvalue weighted by atomic mass is 9.93. The van der Waals surface area contributed by atoms with E-state index in [1.165, 1.54) is 65.8 Å². The molecular weight excluding hydrogens is 1200 g/mol. The summed E-state index contributed by atoms with van der Waals surface area (Å²) in [7, 11) is -25.6. The van der Waals surface area contributed by atoms with Crippen molar-refractivity contribution in [3.8, 4) is 22.5 Å². The maximum absolute atomic E-state index is 13.9. The SMILES string of the molecule is Cc1cc(C)c(NS(=O)(=O)c2cc(C(=O)O)cc(C(=O)O)c2)c(C)c1Nc1cc2oc3cc(=[NH+]c4c(C)cc(C)c(NS(=O)(=O)c5cc(C(=O)O)cc(C(=O)O)c5)c4C)c(S(=O)(=O)O)cc-3c(-c3ccccc3S(=O)(=O)O)c2cc1S(=O)(=O)O. The van der Waals surface area contributed by atoms with Crippen molar-refractivity contribution in [1.82, 2.24) is 0 Å². The van der Waals surface area contributed by atoms with Gasteiger partial charge in [0.1, 0.15) is 21.1 Å². The van der Waals surface area contributed by atoms with E-state index in [1.807, 2.05) is 0 Å². The first kappa shape index (κ1) is 61.0. The number of fused-ring (bicyclic) bond motifs is 2. The highest BCUT2D eigenvalue weighted by Crippen LogP contribution is 2.46. The predicted molar refractivity (Wildman–Crippen MR) is 298 cm³/mol. The lowest BCUT2D eigenvalue weighted by Gasteiger charge is -2.22. The minimum absolute atomic E-state index is 0.0145. The highest BCUT2D eigenvalue weighted by Gasteiger charge is 2.32. The molecule has 1 heterocycles. The zero-order valence-electron chi connectivity index (χ0n) is 44.0. The van der Waals surface area contributed by atoms with E-state index in [0.29, 0.717) is 11.1 Å². The Labute approximate surface area is 477 Å². The lowest BCUT2D eigenvalue weighted by Crippen LogP contribution is -2.72. The first-order chi connectivity index (χ1) is 38.8. The van der Waals surface area contributed by atoms with Gasteiger partial charge in [-0.05, 0) is 124 Å². The van der Waals surface area contributed by atoms with Gasteiger partial charge < -0.3 is 30.2 Å². The first-order valence-electron chi connectivity index (χ1n) is 23.8. The van der Waals surface area contributed by atoms with Crippen molar-refractivity contribution in [1.29, 1.82) is 0 Å². The number of hydrogen-bond donors (Lipinski definition) is 11. The van der Waals surface area contributed by atoms with Gasteiger partial charge in [-0.3, -0.25) is 23.1 Å². The summed E-state index contributed by atoms with van der Waals surface area (Å²) in [5, 5.41) is 40.5. The van der Waals surface area contributed by atoms with E-state index in [0.717, 1.165) is 72.8 Å². The topological polar surface area (TPSA) is 444 Å². The minimum atomic E-state index is -5.41. The Kier molecular flexibility index (Phi) is 15.7. The lowest BCUT2D eigenvalue weighted by molar-refractivity contribution is -0.406. The van der Waals surface area contributed by atoms with Gasteiger partial charge in [-0.1, -0.05) is 24.3 Å². The van der Waals surface area contributed by atoms with Crippen molar-refractivity contribution in [2.24, 2.45) is 0 Å². The van der Waals surface area contributed by atoms with E-state index in [-0.39, 0.29) is 72.9 Å². The molecule has 0 unspecified atom stereocenters. The monoisotopic (exact) mass is 1250 g/mol. The van der Waals surface area contributed by atoms with Crippen LogP contribution in [-0.2, 0) is 50.4 Å². The average molecular weight is 1250 g/mol. The van der Waals surface area contributed by atoms with Gasteiger partial charge in [0.15, 0.2) is 4.90 Å². The van der Waals surface area contributed by atoms with Crippen LogP contribution in [0.5, 0.6) is 0 Å². The molecule has 84 heavy (non-hydrogen) atoms. The van der Waals surface area contributed by atoms with Crippen molar-refractivity contribution < 1.29 is 105 Å². The number of sulfonamides is 2. The van der Waals surface area contributed by atoms with E-state index < -0.39 is 138 Å². The predicted octanol–water partition coefficient (Wildman–Crippen LogP) is 6.25. The number of carboxylic acids is 4. The number of hydrogen-bond acceptors (Lipinski definition) is 16. The van der Waals surface area contributed by atoms with Crippen molar-refractivity contribution in [3.63, 3.8) is 0 Å². The number of carbonyl (C=O) groups is 4. The maximum atomic E-state index is 13.9. The van der Waals surface area contributed by atoms with Crippen LogP contribution < -0.4 is 25.1 Å². The Morgan fingerprint density at radius 1 is 0.464 bits per heavy atom. The van der Waals surface area contributed by atoms with Gasteiger partial charge in [0.05, 0.1) is 55.2 Å². The Bertz CT molecular complexity index is 4840. The molecule has 0 radical (unpaired) electrons. The molecule has 26 nitrogen and oxygen atoms in total. The number of rotatable bonds is 17. The molecule has 1 aliphatic carbocycles. The zero-order valence-corrected chi connectivity index (χ0v) is 48.1. The van der Waals surface area contributed by atoms with Crippen LogP contribution in [0.3, 0.4) is 0 Å². The Morgan fingerprint density at radius 3 is 1.37 bits per heavy atom. The van der Waals surface area contributed by atoms with Crippen molar-refractivity contribution in [3.05, 3.63) is 158 Å². The quantitative estimate of drug-likeness (QED) is 0.0354. The first-order valence-corrected chi connectivity index (χ1v) is 31.1. The number of anilines is 4. The van der Waals surface area contributed by atoms with Gasteiger partial charge in [-0.15, -0.1) is 0 Å². The maximum Gasteiger partial charge on any atom is 0.335 e. The van der Waals surface area contributed by atoms with Crippen LogP contribution >= 0.6 is 0 Å². The van der Waals surface area contributed by atoms with E-state index in [1.54, 1.807) is 0 Å². The Balaban J connectivity index is 1.39. The summed E-state index contributed by atoms with van der Waals surface area (Å²) in [6, 6.07) is 15.6. The Hall–Kier alpha value is -9.08. The number of nitrogens with one attached hydrogen (secondary N) is 4. The molecule has 0 fully saturated rings. The third kappa shape index (κ3) is 11.9. The van der Waals surface area contributed by atoms with Crippen LogP contribution in [0.2, 0.25) is 0 Å². The Morgan fingerprint density at radius 2 is 0.905 bits per heavy atom. The summed E-state index contributed by atoms with van der Waals surface area (Å²) in [5.41, 5.74) is -3.79. The average Bonchev–Trinajstić information content (AvgIpc) is 1.13. The fourth-order valence-electron chi connectivity index (χ4n) is 9.48. The fraction of sp³-hybridized carbons (Fsp3) is 0.113. The molecule has 6 aromatic rings. The molecular formula is C53H45N4O22S5+. The molecule has 8 rings (SSSR count). The molecule has 11 N–H and O–H groups in total. The standard InChI is InChI=1S/C53H44N4O22S5/c1-23-11-25(3)48(56-80(66,67)33-15-29(50(58)59)13-30(16-33)51(60)61)27(5)46(23)54-38-21-40-36(19-43(38)83(73,74)75)45(35-9-7-8-10-42(35)82(70,71)72)37-20-44(84(76,77)78)39(22-41(37)79-40)55-47-24(2)12-26(4)49(28(47)6)57-81(68,69)34-17-31(52(62)63)14-32(18-34)53(64)65/h7-22,54,56-57H,1-6H3,(H,58,59)(H,60,61)(H,62,63)(H,64,65)(H,70,71,72)(H,73,74,75)(H,76,77,78)/p+1. The molecule has 31 heteroatoms. The van der Waals surface area contributed by atoms with Gasteiger partial charge >= 0.3 is 34.0 Å². The van der Waals surface area contributed by atoms with Crippen molar-refractivity contribution >= 4 is 114 Å². The van der Waals surface area contributed by atoms with Crippen molar-refractivity contribution in [2.75, 3.05) is 14.8 Å². The van der Waals surface area contributed by atoms with Gasteiger partial charge in [-0.2, -0.15) is 25.3 Å². The molecule has 0 bridgehead atoms. The van der Waals surface area contributed by atoms with Gasteiger partial charge in [0.25, 0.3) is 40.3 Å². The summed E-state index contributed by atoms with van der Waals surface area (Å²) in [4.78, 5) is 46.1. The smallest absolute Gasteiger partial charge is 0.335 e. The van der Waals surface area contributed by atoms with Crippen LogP contribution in [0.15, 0.2) is 126 Å². The van der Waals surface area contributed by atoms with Crippen LogP contribution in [0, 0.1) is 41.5 Å². The summed E-state index contributed by atoms with van der Waals surface area (Å²) in [6.45, 7) is 8.80. The second-order valence-electron chi connectivity index (χ2n) is 19.0. The van der Waals surface area contributed by atoms with Crippen molar-refractivity contribution in [2.45, 2.75) is 66.0 Å². The molecule has 0 saturated carbocycles. The van der Waals surface area contributed by atoms with Gasteiger partial charge in [0, 0.05) is 45.0 Å². The van der Waals surface area contributed by atoms with Crippen LogP contribution in [0.4, 0.5) is 28.4 Å². The van der Waals surface area contributed by atoms with Crippen LogP contribution in [-0.4, -0.2) is 100 Å². The number of carboxylic acid groups (broad SMARTS) is 4. The van der Waals surface area contributed by atoms with Gasteiger partial charge in [-0.25, -0.2) is 41.0 Å². The number of aryl methyl sites for hydroxylation is 4. The molecule has 0 spiro atoms. The second kappa shape index (κ2) is 21.6. The normalized spacial score (nSPS) is 12.6. The molecule has 0 saturated heterocycles. The third-order valence-electron chi connectivity index (χ3n) is 13.3. The fourth-order valence-corrected chi connectivity index (χ4v) is 14.0. The zero-order chi connectivity index (χ0) is 62.2. The van der Waals surface area contributed by atoms with E-state index in [2.05, 4.69) is 19.8 Å². The van der Waals surface area contributed by atoms with Crippen LogP contribution in [0.1, 0.15) is 74.8 Å². The van der Waals surface area contributed by atoms with E-state index in [9.17, 15) is 95.4 Å². The second-order valence-corrected chi connectivity index (χ2v) is 26.6. The molecule has 1 aliphatic heterocycles. The summed E-state index contributed by atoms with van der Waals surface area (Å²) >= 11 is 0. The van der Waals surface area contributed by atoms with Gasteiger partial charge in [0.2, 0.25) is 11.0 Å². The molecule has 6 aromatic carbocycles. The molecule has 438 valence electrons. The summed E-state index contributed by atoms with van der Waals surface area (Å²) < 4.78 is 179. The highest BCUT2D eigenvalue weighted by molar-refractivity contribution is 7.93. The minimum Gasteiger partial charge on any atom is -0.478 e. The molecule has 2 aliphatic rings. The van der Waals surface area contributed by atoms with E-state index in [4.69, 9.17) is 4.42 Å². The summed E-state index contributed by atoms with van der Waals surface area (Å²) in [6.07, 6.45) is 0. The number of benzene rings is 7. The highest BCUT2D eigenvalue weighted by atomic mass is 32.2. The summed E-state index contributed by atoms with van der Waals surface area (Å²) in [5.74, 6) is -6.91. The molecule has 0 amide bonds.